The number of ether oxygens (including phenoxy) is 1. The number of aliphatic hydroxyl groups excluding tert-OH is 1. The van der Waals surface area contributed by atoms with E-state index in [0.717, 1.165) is 25.7 Å². The van der Waals surface area contributed by atoms with Crippen LogP contribution >= 0.6 is 0 Å². The molecular weight excluding hydrogens is 218 g/mol. The average Bonchev–Trinajstić information content (AvgIpc) is 2.33. The molecule has 2 rings (SSSR count). The quantitative estimate of drug-likeness (QED) is 0.833. The summed E-state index contributed by atoms with van der Waals surface area (Å²) in [6.07, 6.45) is 3.29. The SMILES string of the molecule is NC(=O)c1ccc(O[C@@H]2CCCC[C@H]2O)cc1. The third-order valence-electron chi connectivity index (χ3n) is 3.09. The van der Waals surface area contributed by atoms with Gasteiger partial charge in [0.2, 0.25) is 5.91 Å². The highest BCUT2D eigenvalue weighted by molar-refractivity contribution is 5.92. The Morgan fingerprint density at radius 1 is 1.24 bits per heavy atom. The van der Waals surface area contributed by atoms with Crippen molar-refractivity contribution in [1.82, 2.24) is 0 Å². The number of aliphatic hydroxyl groups is 1. The molecule has 0 spiro atoms. The summed E-state index contributed by atoms with van der Waals surface area (Å²) in [5.74, 6) is 0.218. The zero-order valence-corrected chi connectivity index (χ0v) is 9.63. The van der Waals surface area contributed by atoms with E-state index in [2.05, 4.69) is 0 Å². The summed E-state index contributed by atoms with van der Waals surface area (Å²) in [7, 11) is 0. The van der Waals surface area contributed by atoms with Crippen molar-refractivity contribution >= 4 is 5.91 Å². The summed E-state index contributed by atoms with van der Waals surface area (Å²) >= 11 is 0. The summed E-state index contributed by atoms with van der Waals surface area (Å²) in [6, 6.07) is 6.68. The van der Waals surface area contributed by atoms with Gasteiger partial charge in [0, 0.05) is 5.56 Å². The van der Waals surface area contributed by atoms with Crippen molar-refractivity contribution in [3.8, 4) is 5.75 Å². The van der Waals surface area contributed by atoms with E-state index in [-0.39, 0.29) is 12.2 Å². The molecule has 1 aliphatic carbocycles. The molecule has 0 unspecified atom stereocenters. The standard InChI is InChI=1S/C13H17NO3/c14-13(16)9-5-7-10(8-6-9)17-12-4-2-1-3-11(12)15/h5-8,11-12,15H,1-4H2,(H2,14,16)/t11-,12-/m1/s1. The molecule has 0 radical (unpaired) electrons. The fraction of sp³-hybridized carbons (Fsp3) is 0.462. The maximum absolute atomic E-state index is 10.9. The van der Waals surface area contributed by atoms with Crippen molar-refractivity contribution in [2.75, 3.05) is 0 Å². The molecule has 17 heavy (non-hydrogen) atoms. The number of nitrogens with two attached hydrogens (primary N) is 1. The highest BCUT2D eigenvalue weighted by atomic mass is 16.5. The van der Waals surface area contributed by atoms with Crippen LogP contribution in [0.5, 0.6) is 5.75 Å². The molecule has 1 amide bonds. The lowest BCUT2D eigenvalue weighted by Crippen LogP contribution is -2.34. The van der Waals surface area contributed by atoms with Crippen LogP contribution in [0.15, 0.2) is 24.3 Å². The molecule has 4 heteroatoms. The van der Waals surface area contributed by atoms with Crippen molar-refractivity contribution in [2.45, 2.75) is 37.9 Å². The Labute approximate surface area is 100 Å². The van der Waals surface area contributed by atoms with Crippen LogP contribution in [0.4, 0.5) is 0 Å². The number of carbonyl (C=O) groups excluding carboxylic acids is 1. The Morgan fingerprint density at radius 2 is 1.88 bits per heavy atom. The van der Waals surface area contributed by atoms with Crippen LogP contribution in [0.25, 0.3) is 0 Å². The van der Waals surface area contributed by atoms with Crippen LogP contribution in [0, 0.1) is 0 Å². The first-order valence-corrected chi connectivity index (χ1v) is 5.91. The lowest BCUT2D eigenvalue weighted by molar-refractivity contribution is 0.00687. The molecule has 0 saturated heterocycles. The van der Waals surface area contributed by atoms with Gasteiger partial charge in [0.15, 0.2) is 0 Å². The summed E-state index contributed by atoms with van der Waals surface area (Å²) in [5.41, 5.74) is 5.61. The van der Waals surface area contributed by atoms with Gasteiger partial charge in [-0.15, -0.1) is 0 Å². The van der Waals surface area contributed by atoms with E-state index in [9.17, 15) is 9.90 Å². The second-order valence-corrected chi connectivity index (χ2v) is 4.40. The van der Waals surface area contributed by atoms with Gasteiger partial charge in [-0.05, 0) is 43.5 Å². The molecular formula is C13H17NO3. The summed E-state index contributed by atoms with van der Waals surface area (Å²) in [4.78, 5) is 10.9. The van der Waals surface area contributed by atoms with E-state index in [0.29, 0.717) is 11.3 Å². The minimum absolute atomic E-state index is 0.136. The summed E-state index contributed by atoms with van der Waals surface area (Å²) < 4.78 is 5.70. The number of rotatable bonds is 3. The molecule has 0 aromatic heterocycles. The molecule has 4 nitrogen and oxygen atoms in total. The largest absolute Gasteiger partial charge is 0.488 e. The number of benzene rings is 1. The number of primary amides is 1. The third-order valence-corrected chi connectivity index (χ3v) is 3.09. The smallest absolute Gasteiger partial charge is 0.248 e. The van der Waals surface area contributed by atoms with Gasteiger partial charge in [-0.1, -0.05) is 6.42 Å². The first-order valence-electron chi connectivity index (χ1n) is 5.91. The van der Waals surface area contributed by atoms with Crippen LogP contribution < -0.4 is 10.5 Å². The topological polar surface area (TPSA) is 72.6 Å². The molecule has 0 bridgehead atoms. The van der Waals surface area contributed by atoms with Crippen LogP contribution in [-0.4, -0.2) is 23.2 Å². The second kappa shape index (κ2) is 5.19. The lowest BCUT2D eigenvalue weighted by Gasteiger charge is -2.28. The molecule has 2 atom stereocenters. The van der Waals surface area contributed by atoms with E-state index in [1.54, 1.807) is 24.3 Å². The highest BCUT2D eigenvalue weighted by Gasteiger charge is 2.24. The van der Waals surface area contributed by atoms with Gasteiger partial charge in [0.25, 0.3) is 0 Å². The number of hydrogen-bond acceptors (Lipinski definition) is 3. The van der Waals surface area contributed by atoms with Crippen molar-refractivity contribution in [2.24, 2.45) is 5.73 Å². The highest BCUT2D eigenvalue weighted by Crippen LogP contribution is 2.24. The molecule has 1 aliphatic rings. The minimum Gasteiger partial charge on any atom is -0.488 e. The molecule has 1 aromatic carbocycles. The van der Waals surface area contributed by atoms with Crippen molar-refractivity contribution in [1.29, 1.82) is 0 Å². The average molecular weight is 235 g/mol. The number of hydrogen-bond donors (Lipinski definition) is 2. The molecule has 1 fully saturated rings. The van der Waals surface area contributed by atoms with E-state index in [1.807, 2.05) is 0 Å². The molecule has 1 aromatic rings. The monoisotopic (exact) mass is 235 g/mol. The van der Waals surface area contributed by atoms with Crippen LogP contribution in [-0.2, 0) is 0 Å². The fourth-order valence-electron chi connectivity index (χ4n) is 2.09. The molecule has 3 N–H and O–H groups in total. The van der Waals surface area contributed by atoms with Crippen molar-refractivity contribution < 1.29 is 14.6 Å². The lowest BCUT2D eigenvalue weighted by atomic mass is 9.95. The van der Waals surface area contributed by atoms with Crippen LogP contribution in [0.2, 0.25) is 0 Å². The number of carbonyl (C=O) groups is 1. The van der Waals surface area contributed by atoms with E-state index < -0.39 is 5.91 Å². The summed E-state index contributed by atoms with van der Waals surface area (Å²) in [5, 5.41) is 9.77. The predicted molar refractivity (Wildman–Crippen MR) is 63.9 cm³/mol. The van der Waals surface area contributed by atoms with Gasteiger partial charge in [-0.25, -0.2) is 0 Å². The van der Waals surface area contributed by atoms with Crippen LogP contribution in [0.1, 0.15) is 36.0 Å². The Hall–Kier alpha value is -1.55. The third kappa shape index (κ3) is 2.97. The predicted octanol–water partition coefficient (Wildman–Crippen LogP) is 1.47. The number of amides is 1. The zero-order chi connectivity index (χ0) is 12.3. The first-order chi connectivity index (χ1) is 8.16. The normalized spacial score (nSPS) is 24.3. The first kappa shape index (κ1) is 11.9. The van der Waals surface area contributed by atoms with Gasteiger partial charge in [0.1, 0.15) is 11.9 Å². The molecule has 1 saturated carbocycles. The molecule has 0 heterocycles. The maximum atomic E-state index is 10.9. The van der Waals surface area contributed by atoms with E-state index in [1.165, 1.54) is 0 Å². The summed E-state index contributed by atoms with van der Waals surface area (Å²) in [6.45, 7) is 0. The Bertz CT molecular complexity index is 388. The molecule has 92 valence electrons. The Balaban J connectivity index is 2.00. The maximum Gasteiger partial charge on any atom is 0.248 e. The minimum atomic E-state index is -0.450. The van der Waals surface area contributed by atoms with Crippen molar-refractivity contribution in [3.63, 3.8) is 0 Å². The van der Waals surface area contributed by atoms with Gasteiger partial charge >= 0.3 is 0 Å². The van der Waals surface area contributed by atoms with E-state index in [4.69, 9.17) is 10.5 Å². The van der Waals surface area contributed by atoms with Crippen LogP contribution in [0.3, 0.4) is 0 Å². The van der Waals surface area contributed by atoms with Gasteiger partial charge in [0.05, 0.1) is 6.10 Å². The second-order valence-electron chi connectivity index (χ2n) is 4.40. The molecule has 0 aliphatic heterocycles. The van der Waals surface area contributed by atoms with Gasteiger partial charge in [-0.2, -0.15) is 0 Å². The van der Waals surface area contributed by atoms with E-state index >= 15 is 0 Å². The Morgan fingerprint density at radius 3 is 2.47 bits per heavy atom. The van der Waals surface area contributed by atoms with Gasteiger partial charge < -0.3 is 15.6 Å². The fourth-order valence-corrected chi connectivity index (χ4v) is 2.09. The van der Waals surface area contributed by atoms with Crippen molar-refractivity contribution in [3.05, 3.63) is 29.8 Å². The Kier molecular flexibility index (Phi) is 3.64. The van der Waals surface area contributed by atoms with Gasteiger partial charge in [-0.3, -0.25) is 4.79 Å². The zero-order valence-electron chi connectivity index (χ0n) is 9.63.